The van der Waals surface area contributed by atoms with Crippen molar-refractivity contribution in [1.29, 1.82) is 0 Å². The zero-order valence-corrected chi connectivity index (χ0v) is 23.3. The van der Waals surface area contributed by atoms with Gasteiger partial charge in [-0.15, -0.1) is 11.3 Å². The molecule has 0 unspecified atom stereocenters. The Balaban J connectivity index is 1.59. The molecule has 0 N–H and O–H groups in total. The summed E-state index contributed by atoms with van der Waals surface area (Å²) in [6, 6.07) is 15.5. The van der Waals surface area contributed by atoms with Crippen LogP contribution in [0.1, 0.15) is 42.8 Å². The van der Waals surface area contributed by atoms with E-state index >= 15 is 0 Å². The molecule has 0 spiro atoms. The minimum atomic E-state index is -3.89. The zero-order valence-electron chi connectivity index (χ0n) is 20.9. The van der Waals surface area contributed by atoms with E-state index in [4.69, 9.17) is 16.3 Å². The molecule has 1 aliphatic rings. The molecule has 1 amide bonds. The van der Waals surface area contributed by atoms with E-state index in [9.17, 15) is 13.2 Å². The van der Waals surface area contributed by atoms with Gasteiger partial charge in [-0.05, 0) is 87.5 Å². The predicted octanol–water partition coefficient (Wildman–Crippen LogP) is 5.70. The van der Waals surface area contributed by atoms with Gasteiger partial charge in [0.2, 0.25) is 15.9 Å². The number of carbonyl (C=O) groups is 1. The summed E-state index contributed by atoms with van der Waals surface area (Å²) in [5.41, 5.74) is 1.23. The Morgan fingerprint density at radius 3 is 2.42 bits per heavy atom. The number of thiophene rings is 1. The van der Waals surface area contributed by atoms with E-state index in [-0.39, 0.29) is 30.0 Å². The number of amides is 1. The molecule has 0 radical (unpaired) electrons. The monoisotopic (exact) mass is 546 g/mol. The Morgan fingerprint density at radius 1 is 1.11 bits per heavy atom. The molecule has 0 fully saturated rings. The Kier molecular flexibility index (Phi) is 7.80. The molecule has 1 aliphatic heterocycles. The van der Waals surface area contributed by atoms with Crippen molar-refractivity contribution in [1.82, 2.24) is 9.21 Å². The van der Waals surface area contributed by atoms with Gasteiger partial charge in [-0.2, -0.15) is 4.31 Å². The molecule has 1 aromatic heterocycles. The van der Waals surface area contributed by atoms with Crippen molar-refractivity contribution in [2.75, 3.05) is 19.7 Å². The number of fused-ring (bicyclic) bond motifs is 1. The van der Waals surface area contributed by atoms with Crippen molar-refractivity contribution < 1.29 is 17.9 Å². The van der Waals surface area contributed by atoms with Crippen LogP contribution < -0.4 is 4.74 Å². The number of hydrogen-bond donors (Lipinski definition) is 0. The minimum Gasteiger partial charge on any atom is -0.491 e. The van der Waals surface area contributed by atoms with Gasteiger partial charge in [-0.3, -0.25) is 4.79 Å². The van der Waals surface area contributed by atoms with Crippen LogP contribution in [0.15, 0.2) is 64.9 Å². The van der Waals surface area contributed by atoms with E-state index in [1.54, 1.807) is 85.5 Å². The first kappa shape index (κ1) is 26.7. The van der Waals surface area contributed by atoms with E-state index in [1.165, 1.54) is 9.18 Å². The number of carbonyl (C=O) groups excluding carboxylic acids is 1. The van der Waals surface area contributed by atoms with Crippen LogP contribution in [0.4, 0.5) is 0 Å². The smallest absolute Gasteiger partial charge is 0.244 e. The summed E-state index contributed by atoms with van der Waals surface area (Å²) in [6.07, 6.45) is 0.733. The number of halogens is 1. The van der Waals surface area contributed by atoms with Crippen molar-refractivity contribution in [3.63, 3.8) is 0 Å². The predicted molar refractivity (Wildman–Crippen MR) is 144 cm³/mol. The lowest BCUT2D eigenvalue weighted by Gasteiger charge is -2.39. The van der Waals surface area contributed by atoms with Gasteiger partial charge in [-0.1, -0.05) is 29.3 Å². The molecule has 36 heavy (non-hydrogen) atoms. The topological polar surface area (TPSA) is 66.9 Å². The molecule has 1 atom stereocenters. The highest BCUT2D eigenvalue weighted by atomic mass is 35.5. The molecule has 6 nitrogen and oxygen atoms in total. The summed E-state index contributed by atoms with van der Waals surface area (Å²) in [7, 11) is -3.89. The number of benzene rings is 2. The first-order valence-corrected chi connectivity index (χ1v) is 14.5. The Hall–Kier alpha value is -2.39. The van der Waals surface area contributed by atoms with Gasteiger partial charge in [0.1, 0.15) is 12.4 Å². The third kappa shape index (κ3) is 5.78. The molecule has 0 saturated carbocycles. The van der Waals surface area contributed by atoms with Crippen LogP contribution >= 0.6 is 22.9 Å². The van der Waals surface area contributed by atoms with Gasteiger partial charge in [0, 0.05) is 22.0 Å². The number of sulfonamides is 1. The van der Waals surface area contributed by atoms with E-state index in [1.807, 2.05) is 18.4 Å². The molecule has 2 heterocycles. The van der Waals surface area contributed by atoms with Crippen LogP contribution in [-0.2, 0) is 21.2 Å². The Labute approximate surface area is 222 Å². The normalized spacial score (nSPS) is 16.2. The van der Waals surface area contributed by atoms with Crippen LogP contribution in [-0.4, -0.2) is 48.8 Å². The molecular weight excluding hydrogens is 516 g/mol. The molecule has 4 rings (SSSR count). The van der Waals surface area contributed by atoms with Gasteiger partial charge >= 0.3 is 0 Å². The first-order valence-electron chi connectivity index (χ1n) is 11.8. The fourth-order valence-corrected chi connectivity index (χ4v) is 7.10. The van der Waals surface area contributed by atoms with Crippen molar-refractivity contribution in [2.45, 2.75) is 50.6 Å². The summed E-state index contributed by atoms with van der Waals surface area (Å²) in [5.74, 6) is 0.412. The second-order valence-corrected chi connectivity index (χ2v) is 13.2. The number of nitrogens with zero attached hydrogens (tertiary/aromatic N) is 2. The van der Waals surface area contributed by atoms with E-state index in [0.717, 1.165) is 17.5 Å². The Bertz CT molecular complexity index is 1310. The fraction of sp³-hybridized carbons (Fsp3) is 0.370. The van der Waals surface area contributed by atoms with Crippen molar-refractivity contribution in [3.05, 3.63) is 81.0 Å². The van der Waals surface area contributed by atoms with Gasteiger partial charge < -0.3 is 9.64 Å². The summed E-state index contributed by atoms with van der Waals surface area (Å²) < 4.78 is 34.6. The summed E-state index contributed by atoms with van der Waals surface area (Å²) in [4.78, 5) is 16.9. The highest BCUT2D eigenvalue weighted by Crippen LogP contribution is 2.35. The van der Waals surface area contributed by atoms with Crippen molar-refractivity contribution >= 4 is 38.9 Å². The van der Waals surface area contributed by atoms with E-state index in [2.05, 4.69) is 0 Å². The third-order valence-corrected chi connectivity index (χ3v) is 9.65. The number of rotatable bonds is 7. The summed E-state index contributed by atoms with van der Waals surface area (Å²) in [6.45, 7) is 7.83. The molecular formula is C27H31ClN2O4S2. The van der Waals surface area contributed by atoms with Crippen molar-refractivity contribution in [3.8, 4) is 5.75 Å². The Morgan fingerprint density at radius 2 is 1.78 bits per heavy atom. The van der Waals surface area contributed by atoms with Crippen LogP contribution in [0, 0.1) is 6.92 Å². The SMILES string of the molecule is Cc1ccc(S(=O)(=O)N(CC(=O)N2CCc3sccc3[C@@H]2COc2ccc(Cl)cc2)C(C)(C)C)cc1. The number of aryl methyl sites for hydroxylation is 1. The van der Waals surface area contributed by atoms with Gasteiger partial charge in [0.05, 0.1) is 17.5 Å². The molecule has 2 aromatic carbocycles. The fourth-order valence-electron chi connectivity index (χ4n) is 4.31. The first-order chi connectivity index (χ1) is 17.0. The molecule has 192 valence electrons. The largest absolute Gasteiger partial charge is 0.491 e. The number of hydrogen-bond acceptors (Lipinski definition) is 5. The number of ether oxygens (including phenoxy) is 1. The lowest BCUT2D eigenvalue weighted by molar-refractivity contribution is -0.135. The highest BCUT2D eigenvalue weighted by Gasteiger charge is 2.39. The summed E-state index contributed by atoms with van der Waals surface area (Å²) >= 11 is 7.66. The standard InChI is InChI=1S/C27H31ClN2O4S2/c1-19-5-11-22(12-6-19)36(32,33)30(27(2,3)4)17-26(31)29-15-13-25-23(14-16-35-25)24(29)18-34-21-9-7-20(28)8-10-21/h5-12,14,16,24H,13,15,17-18H2,1-4H3/t24-/m0/s1. The summed E-state index contributed by atoms with van der Waals surface area (Å²) in [5, 5.41) is 2.64. The molecule has 0 saturated heterocycles. The average molecular weight is 547 g/mol. The van der Waals surface area contributed by atoms with Gasteiger partial charge in [0.15, 0.2) is 0 Å². The van der Waals surface area contributed by atoms with Crippen molar-refractivity contribution in [2.24, 2.45) is 0 Å². The van der Waals surface area contributed by atoms with Crippen LogP contribution in [0.25, 0.3) is 0 Å². The second kappa shape index (κ2) is 10.5. The van der Waals surface area contributed by atoms with E-state index in [0.29, 0.717) is 17.3 Å². The highest BCUT2D eigenvalue weighted by molar-refractivity contribution is 7.89. The molecule has 0 aliphatic carbocycles. The van der Waals surface area contributed by atoms with Gasteiger partial charge in [-0.25, -0.2) is 8.42 Å². The minimum absolute atomic E-state index is 0.178. The van der Waals surface area contributed by atoms with Crippen LogP contribution in [0.5, 0.6) is 5.75 Å². The average Bonchev–Trinajstić information content (AvgIpc) is 3.30. The third-order valence-electron chi connectivity index (χ3n) is 6.27. The zero-order chi connectivity index (χ0) is 26.1. The van der Waals surface area contributed by atoms with Crippen LogP contribution in [0.3, 0.4) is 0 Å². The lowest BCUT2D eigenvalue weighted by Crippen LogP contribution is -2.52. The second-order valence-electron chi connectivity index (χ2n) is 9.91. The molecule has 3 aromatic rings. The van der Waals surface area contributed by atoms with Gasteiger partial charge in [0.25, 0.3) is 0 Å². The molecule has 9 heteroatoms. The van der Waals surface area contributed by atoms with Crippen LogP contribution in [0.2, 0.25) is 5.02 Å². The van der Waals surface area contributed by atoms with E-state index < -0.39 is 15.6 Å². The quantitative estimate of drug-likeness (QED) is 0.381. The molecule has 0 bridgehead atoms. The maximum atomic E-state index is 13.7. The maximum Gasteiger partial charge on any atom is 0.244 e. The maximum absolute atomic E-state index is 13.7. The lowest BCUT2D eigenvalue weighted by atomic mass is 10.00.